The lowest BCUT2D eigenvalue weighted by atomic mass is 10.1. The maximum Gasteiger partial charge on any atom is 0.231 e. The second-order valence-corrected chi connectivity index (χ2v) is 6.37. The van der Waals surface area contributed by atoms with Crippen LogP contribution in [-0.2, 0) is 24.8 Å². The quantitative estimate of drug-likeness (QED) is 0.735. The zero-order chi connectivity index (χ0) is 17.4. The number of hydrogen-bond acceptors (Lipinski definition) is 3. The summed E-state index contributed by atoms with van der Waals surface area (Å²) in [7, 11) is 3.88. The minimum atomic E-state index is 0.0733. The Balaban J connectivity index is 1.47. The Morgan fingerprint density at radius 3 is 2.76 bits per heavy atom. The van der Waals surface area contributed by atoms with Gasteiger partial charge in [-0.25, -0.2) is 0 Å². The van der Waals surface area contributed by atoms with E-state index < -0.39 is 0 Å². The first-order valence-corrected chi connectivity index (χ1v) is 8.27. The van der Waals surface area contributed by atoms with Gasteiger partial charge < -0.3 is 18.9 Å². The molecule has 0 bridgehead atoms. The molecule has 1 amide bonds. The highest BCUT2D eigenvalue weighted by Gasteiger charge is 2.17. The Bertz CT molecular complexity index is 945. The maximum absolute atomic E-state index is 12.6. The number of para-hydroxylation sites is 1. The van der Waals surface area contributed by atoms with E-state index in [0.29, 0.717) is 18.7 Å². The second-order valence-electron chi connectivity index (χ2n) is 6.37. The molecule has 5 heteroatoms. The van der Waals surface area contributed by atoms with Gasteiger partial charge in [-0.1, -0.05) is 24.3 Å². The molecule has 0 saturated heterocycles. The highest BCUT2D eigenvalue weighted by Crippen LogP contribution is 2.32. The lowest BCUT2D eigenvalue weighted by Gasteiger charge is -2.18. The highest BCUT2D eigenvalue weighted by atomic mass is 16.7. The minimum absolute atomic E-state index is 0.0733. The fraction of sp³-hybridized carbons (Fsp3) is 0.250. The molecule has 0 radical (unpaired) electrons. The van der Waals surface area contributed by atoms with Crippen LogP contribution in [0.1, 0.15) is 11.3 Å². The van der Waals surface area contributed by atoms with Crippen molar-refractivity contribution in [1.82, 2.24) is 9.47 Å². The summed E-state index contributed by atoms with van der Waals surface area (Å²) < 4.78 is 12.8. The summed E-state index contributed by atoms with van der Waals surface area (Å²) in [5, 5.41) is 1.19. The topological polar surface area (TPSA) is 43.7 Å². The molecule has 25 heavy (non-hydrogen) atoms. The number of rotatable bonds is 4. The molecule has 4 rings (SSSR count). The molecule has 128 valence electrons. The van der Waals surface area contributed by atoms with Crippen LogP contribution >= 0.6 is 0 Å². The van der Waals surface area contributed by atoms with Gasteiger partial charge in [0.25, 0.3) is 0 Å². The van der Waals surface area contributed by atoms with Gasteiger partial charge in [0, 0.05) is 25.3 Å². The molecule has 1 aliphatic heterocycles. The van der Waals surface area contributed by atoms with Gasteiger partial charge in [0.2, 0.25) is 12.7 Å². The predicted octanol–water partition coefficient (Wildman–Crippen LogP) is 3.11. The molecule has 2 heterocycles. The van der Waals surface area contributed by atoms with Crippen LogP contribution < -0.4 is 9.47 Å². The molecular weight excluding hydrogens is 316 g/mol. The van der Waals surface area contributed by atoms with Gasteiger partial charge in [0.15, 0.2) is 11.5 Å². The number of benzene rings is 2. The van der Waals surface area contributed by atoms with Gasteiger partial charge in [-0.15, -0.1) is 0 Å². The van der Waals surface area contributed by atoms with Crippen molar-refractivity contribution in [2.24, 2.45) is 7.05 Å². The van der Waals surface area contributed by atoms with Gasteiger partial charge in [-0.2, -0.15) is 0 Å². The van der Waals surface area contributed by atoms with Crippen LogP contribution in [0.3, 0.4) is 0 Å². The van der Waals surface area contributed by atoms with Crippen molar-refractivity contribution < 1.29 is 14.3 Å². The number of carbonyl (C=O) groups is 1. The van der Waals surface area contributed by atoms with Gasteiger partial charge in [0.05, 0.1) is 13.0 Å². The normalized spacial score (nSPS) is 12.6. The monoisotopic (exact) mass is 336 g/mol. The van der Waals surface area contributed by atoms with E-state index >= 15 is 0 Å². The molecule has 1 aromatic heterocycles. The molecule has 0 saturated carbocycles. The smallest absolute Gasteiger partial charge is 0.231 e. The molecule has 0 spiro atoms. The fourth-order valence-electron chi connectivity index (χ4n) is 3.19. The number of aryl methyl sites for hydroxylation is 1. The Kier molecular flexibility index (Phi) is 3.84. The highest BCUT2D eigenvalue weighted by molar-refractivity contribution is 5.82. The molecule has 0 fully saturated rings. The van der Waals surface area contributed by atoms with E-state index in [0.717, 1.165) is 17.0 Å². The van der Waals surface area contributed by atoms with Crippen LogP contribution in [0.15, 0.2) is 48.5 Å². The minimum Gasteiger partial charge on any atom is -0.454 e. The number of amides is 1. The lowest BCUT2D eigenvalue weighted by Crippen LogP contribution is -2.28. The molecule has 0 N–H and O–H groups in total. The van der Waals surface area contributed by atoms with Crippen LogP contribution in [-0.4, -0.2) is 29.2 Å². The van der Waals surface area contributed by atoms with E-state index in [-0.39, 0.29) is 12.7 Å². The number of nitrogens with zero attached hydrogens (tertiary/aromatic N) is 2. The van der Waals surface area contributed by atoms with Crippen LogP contribution in [0.25, 0.3) is 10.9 Å². The first kappa shape index (κ1) is 15.6. The summed E-state index contributed by atoms with van der Waals surface area (Å²) in [6, 6.07) is 16.0. The van der Waals surface area contributed by atoms with E-state index in [1.807, 2.05) is 44.4 Å². The van der Waals surface area contributed by atoms with E-state index in [9.17, 15) is 4.79 Å². The molecule has 3 aromatic rings. The lowest BCUT2D eigenvalue weighted by molar-refractivity contribution is -0.129. The van der Waals surface area contributed by atoms with E-state index in [1.54, 1.807) is 4.90 Å². The van der Waals surface area contributed by atoms with Crippen molar-refractivity contribution in [3.05, 3.63) is 59.8 Å². The summed E-state index contributed by atoms with van der Waals surface area (Å²) in [6.45, 7) is 0.822. The fourth-order valence-corrected chi connectivity index (χ4v) is 3.19. The molecule has 0 aliphatic carbocycles. The number of aromatic nitrogens is 1. The van der Waals surface area contributed by atoms with Crippen LogP contribution in [0.2, 0.25) is 0 Å². The maximum atomic E-state index is 12.6. The van der Waals surface area contributed by atoms with Crippen molar-refractivity contribution in [2.45, 2.75) is 13.0 Å². The number of carbonyl (C=O) groups excluding carboxylic acids is 1. The first-order chi connectivity index (χ1) is 12.1. The van der Waals surface area contributed by atoms with Gasteiger partial charge in [0.1, 0.15) is 0 Å². The average Bonchev–Trinajstić information content (AvgIpc) is 3.20. The van der Waals surface area contributed by atoms with Crippen LogP contribution in [0, 0.1) is 0 Å². The zero-order valence-corrected chi connectivity index (χ0v) is 14.4. The number of likely N-dealkylation sites (N-methyl/N-ethyl adjacent to an activating group) is 1. The molecule has 0 unspecified atom stereocenters. The molecule has 5 nitrogen and oxygen atoms in total. The number of ether oxygens (including phenoxy) is 2. The Morgan fingerprint density at radius 1 is 1.12 bits per heavy atom. The molecule has 1 aliphatic rings. The van der Waals surface area contributed by atoms with Crippen molar-refractivity contribution in [2.75, 3.05) is 13.8 Å². The summed E-state index contributed by atoms with van der Waals surface area (Å²) in [4.78, 5) is 14.4. The summed E-state index contributed by atoms with van der Waals surface area (Å²) in [5.74, 6) is 1.52. The van der Waals surface area contributed by atoms with Crippen molar-refractivity contribution >= 4 is 16.8 Å². The van der Waals surface area contributed by atoms with Crippen LogP contribution in [0.4, 0.5) is 0 Å². The molecule has 0 atom stereocenters. The third-order valence-corrected chi connectivity index (χ3v) is 4.67. The third kappa shape index (κ3) is 2.93. The standard InChI is InChI=1S/C20H20N2O3/c1-21(12-16-11-15-5-3-4-6-17(15)22(16)2)20(23)10-14-7-8-18-19(9-14)25-13-24-18/h3-9,11H,10,12-13H2,1-2H3. The summed E-state index contributed by atoms with van der Waals surface area (Å²) >= 11 is 0. The molecule has 2 aromatic carbocycles. The number of fused-ring (bicyclic) bond motifs is 2. The largest absolute Gasteiger partial charge is 0.454 e. The van der Waals surface area contributed by atoms with Crippen molar-refractivity contribution in [3.8, 4) is 11.5 Å². The van der Waals surface area contributed by atoms with Gasteiger partial charge in [-0.3, -0.25) is 4.79 Å². The van der Waals surface area contributed by atoms with Crippen LogP contribution in [0.5, 0.6) is 11.5 Å². The van der Waals surface area contributed by atoms with E-state index in [1.165, 1.54) is 10.9 Å². The Labute approximate surface area is 146 Å². The van der Waals surface area contributed by atoms with E-state index in [2.05, 4.69) is 22.8 Å². The summed E-state index contributed by atoms with van der Waals surface area (Å²) in [6.07, 6.45) is 0.344. The predicted molar refractivity (Wildman–Crippen MR) is 95.7 cm³/mol. The average molecular weight is 336 g/mol. The van der Waals surface area contributed by atoms with Crippen molar-refractivity contribution in [3.63, 3.8) is 0 Å². The van der Waals surface area contributed by atoms with Gasteiger partial charge in [-0.05, 0) is 35.2 Å². The second kappa shape index (κ2) is 6.16. The third-order valence-electron chi connectivity index (χ3n) is 4.67. The van der Waals surface area contributed by atoms with Crippen molar-refractivity contribution in [1.29, 1.82) is 0 Å². The Hall–Kier alpha value is -2.95. The Morgan fingerprint density at radius 2 is 1.92 bits per heavy atom. The zero-order valence-electron chi connectivity index (χ0n) is 14.4. The molecular formula is C20H20N2O3. The SMILES string of the molecule is CN(Cc1cc2ccccc2n1C)C(=O)Cc1ccc2c(c1)OCO2. The van der Waals surface area contributed by atoms with E-state index in [4.69, 9.17) is 9.47 Å². The summed E-state index contributed by atoms with van der Waals surface area (Å²) in [5.41, 5.74) is 3.22. The first-order valence-electron chi connectivity index (χ1n) is 8.27. The van der Waals surface area contributed by atoms with Gasteiger partial charge >= 0.3 is 0 Å². The number of hydrogen-bond donors (Lipinski definition) is 0.